The number of carbonyl (C=O) groups is 1. The van der Waals surface area contributed by atoms with Crippen molar-refractivity contribution in [1.29, 1.82) is 0 Å². The van der Waals surface area contributed by atoms with Crippen molar-refractivity contribution in [2.75, 3.05) is 24.3 Å². The van der Waals surface area contributed by atoms with E-state index in [0.29, 0.717) is 16.3 Å². The van der Waals surface area contributed by atoms with E-state index in [1.165, 1.54) is 19.2 Å². The quantitative estimate of drug-likeness (QED) is 0.613. The number of carbonyl (C=O) groups excluding carboxylic acids is 1. The summed E-state index contributed by atoms with van der Waals surface area (Å²) in [5, 5.41) is 17.2. The van der Waals surface area contributed by atoms with Crippen LogP contribution in [0.25, 0.3) is 0 Å². The molecule has 24 heavy (non-hydrogen) atoms. The normalized spacial score (nSPS) is 10.1. The number of nitrogens with zero attached hydrogens (tertiary/aromatic N) is 1. The lowest BCUT2D eigenvalue weighted by Gasteiger charge is -2.12. The summed E-state index contributed by atoms with van der Waals surface area (Å²) in [4.78, 5) is 22.5. The van der Waals surface area contributed by atoms with Crippen molar-refractivity contribution in [1.82, 2.24) is 0 Å². The number of ether oxygens (including phenoxy) is 1. The third-order valence-corrected chi connectivity index (χ3v) is 3.51. The van der Waals surface area contributed by atoms with E-state index in [9.17, 15) is 14.9 Å². The minimum Gasteiger partial charge on any atom is -0.490 e. The smallest absolute Gasteiger partial charge is 0.311 e. The molecule has 0 saturated heterocycles. The van der Waals surface area contributed by atoms with E-state index in [-0.39, 0.29) is 23.9 Å². The minimum absolute atomic E-state index is 0.0269. The highest BCUT2D eigenvalue weighted by Crippen LogP contribution is 2.32. The standard InChI is InChI=1S/C16H16ClN3O4/c1-10-6-14(20(22)23)15(24-2)8-13(10)19-16(21)9-18-12-5-3-4-11(17)7-12/h3-8,18H,9H2,1-2H3,(H,19,21). The van der Waals surface area contributed by atoms with Crippen molar-refractivity contribution in [3.8, 4) is 5.75 Å². The van der Waals surface area contributed by atoms with E-state index < -0.39 is 4.92 Å². The molecule has 126 valence electrons. The van der Waals surface area contributed by atoms with Gasteiger partial charge in [0.1, 0.15) is 0 Å². The van der Waals surface area contributed by atoms with Gasteiger partial charge in [-0.05, 0) is 30.7 Å². The van der Waals surface area contributed by atoms with Crippen LogP contribution in [0.15, 0.2) is 36.4 Å². The number of halogens is 1. The van der Waals surface area contributed by atoms with Gasteiger partial charge in [0.2, 0.25) is 5.91 Å². The van der Waals surface area contributed by atoms with Crippen LogP contribution in [-0.4, -0.2) is 24.5 Å². The number of nitro groups is 1. The zero-order valence-electron chi connectivity index (χ0n) is 13.1. The Morgan fingerprint density at radius 1 is 1.33 bits per heavy atom. The number of anilines is 2. The predicted octanol–water partition coefficient (Wildman–Crippen LogP) is 3.62. The second kappa shape index (κ2) is 7.65. The van der Waals surface area contributed by atoms with E-state index in [0.717, 1.165) is 5.69 Å². The van der Waals surface area contributed by atoms with Crippen molar-refractivity contribution >= 4 is 34.6 Å². The van der Waals surface area contributed by atoms with Gasteiger partial charge in [-0.1, -0.05) is 17.7 Å². The lowest BCUT2D eigenvalue weighted by atomic mass is 10.1. The molecule has 0 aliphatic heterocycles. The molecule has 7 nitrogen and oxygen atoms in total. The fourth-order valence-corrected chi connectivity index (χ4v) is 2.28. The second-order valence-corrected chi connectivity index (χ2v) is 5.44. The van der Waals surface area contributed by atoms with Crippen LogP contribution in [0.1, 0.15) is 5.56 Å². The number of methoxy groups -OCH3 is 1. The molecule has 0 bridgehead atoms. The first kappa shape index (κ1) is 17.6. The highest BCUT2D eigenvalue weighted by Gasteiger charge is 2.18. The maximum atomic E-state index is 12.1. The summed E-state index contributed by atoms with van der Waals surface area (Å²) in [7, 11) is 1.34. The highest BCUT2D eigenvalue weighted by molar-refractivity contribution is 6.30. The maximum Gasteiger partial charge on any atom is 0.311 e. The molecule has 0 atom stereocenters. The SMILES string of the molecule is COc1cc(NC(=O)CNc2cccc(Cl)c2)c(C)cc1[N+](=O)[O-]. The number of nitrogens with one attached hydrogen (secondary N) is 2. The highest BCUT2D eigenvalue weighted by atomic mass is 35.5. The fourth-order valence-electron chi connectivity index (χ4n) is 2.09. The summed E-state index contributed by atoms with van der Waals surface area (Å²) in [6.07, 6.45) is 0. The first-order chi connectivity index (χ1) is 11.4. The summed E-state index contributed by atoms with van der Waals surface area (Å²) in [5.74, 6) is -0.210. The summed E-state index contributed by atoms with van der Waals surface area (Å²) in [6.45, 7) is 1.70. The van der Waals surface area contributed by atoms with Crippen LogP contribution in [0, 0.1) is 17.0 Å². The average molecular weight is 350 g/mol. The zero-order chi connectivity index (χ0) is 17.7. The molecule has 0 aliphatic rings. The Labute approximate surface area is 143 Å². The maximum absolute atomic E-state index is 12.1. The molecule has 0 saturated carbocycles. The van der Waals surface area contributed by atoms with Gasteiger partial charge in [-0.2, -0.15) is 0 Å². The number of nitro benzene ring substituents is 1. The van der Waals surface area contributed by atoms with E-state index in [4.69, 9.17) is 16.3 Å². The molecule has 8 heteroatoms. The summed E-state index contributed by atoms with van der Waals surface area (Å²) in [5.41, 5.74) is 1.59. The van der Waals surface area contributed by atoms with Crippen LogP contribution in [0.5, 0.6) is 5.75 Å². The van der Waals surface area contributed by atoms with E-state index >= 15 is 0 Å². The molecule has 0 radical (unpaired) electrons. The van der Waals surface area contributed by atoms with Crippen molar-refractivity contribution in [2.24, 2.45) is 0 Å². The van der Waals surface area contributed by atoms with Crippen molar-refractivity contribution in [2.45, 2.75) is 6.92 Å². The third kappa shape index (κ3) is 4.36. The molecule has 1 amide bonds. The molecule has 2 rings (SSSR count). The Morgan fingerprint density at radius 3 is 2.71 bits per heavy atom. The Balaban J connectivity index is 2.07. The molecule has 2 aromatic rings. The Bertz CT molecular complexity index is 780. The lowest BCUT2D eigenvalue weighted by Crippen LogP contribution is -2.22. The van der Waals surface area contributed by atoms with Gasteiger partial charge in [-0.25, -0.2) is 0 Å². The number of benzene rings is 2. The summed E-state index contributed by atoms with van der Waals surface area (Å²) < 4.78 is 5.00. The van der Waals surface area contributed by atoms with Crippen LogP contribution >= 0.6 is 11.6 Å². The first-order valence-corrected chi connectivity index (χ1v) is 7.41. The topological polar surface area (TPSA) is 93.5 Å². The van der Waals surface area contributed by atoms with Crippen molar-refractivity contribution < 1.29 is 14.5 Å². The Kier molecular flexibility index (Phi) is 5.59. The van der Waals surface area contributed by atoms with Crippen LogP contribution < -0.4 is 15.4 Å². The number of aryl methyl sites for hydroxylation is 1. The monoisotopic (exact) mass is 349 g/mol. The van der Waals surface area contributed by atoms with Crippen LogP contribution in [0.4, 0.5) is 17.1 Å². The van der Waals surface area contributed by atoms with Crippen LogP contribution in [0.3, 0.4) is 0 Å². The van der Waals surface area contributed by atoms with Crippen molar-refractivity contribution in [3.63, 3.8) is 0 Å². The van der Waals surface area contributed by atoms with Gasteiger partial charge >= 0.3 is 5.69 Å². The van der Waals surface area contributed by atoms with Gasteiger partial charge in [0, 0.05) is 28.5 Å². The Hall–Kier alpha value is -2.80. The Morgan fingerprint density at radius 2 is 2.08 bits per heavy atom. The van der Waals surface area contributed by atoms with E-state index in [1.54, 1.807) is 31.2 Å². The number of hydrogen-bond acceptors (Lipinski definition) is 5. The first-order valence-electron chi connectivity index (χ1n) is 7.03. The third-order valence-electron chi connectivity index (χ3n) is 3.27. The summed E-state index contributed by atoms with van der Waals surface area (Å²) in [6, 6.07) is 9.80. The van der Waals surface area contributed by atoms with E-state index in [1.807, 2.05) is 0 Å². The minimum atomic E-state index is -0.530. The molecule has 0 aliphatic carbocycles. The molecular weight excluding hydrogens is 334 g/mol. The average Bonchev–Trinajstić information content (AvgIpc) is 2.54. The summed E-state index contributed by atoms with van der Waals surface area (Å²) >= 11 is 5.87. The molecule has 0 spiro atoms. The molecule has 2 N–H and O–H groups in total. The van der Waals surface area contributed by atoms with Gasteiger partial charge in [0.25, 0.3) is 0 Å². The molecule has 0 aromatic heterocycles. The number of hydrogen-bond donors (Lipinski definition) is 2. The predicted molar refractivity (Wildman–Crippen MR) is 93.0 cm³/mol. The van der Waals surface area contributed by atoms with Gasteiger partial charge < -0.3 is 15.4 Å². The number of rotatable bonds is 6. The molecule has 2 aromatic carbocycles. The van der Waals surface area contributed by atoms with Gasteiger partial charge in [0.15, 0.2) is 5.75 Å². The number of amides is 1. The van der Waals surface area contributed by atoms with Gasteiger partial charge in [-0.15, -0.1) is 0 Å². The van der Waals surface area contributed by atoms with Crippen LogP contribution in [-0.2, 0) is 4.79 Å². The molecule has 0 fully saturated rings. The van der Waals surface area contributed by atoms with Crippen molar-refractivity contribution in [3.05, 3.63) is 57.1 Å². The van der Waals surface area contributed by atoms with Crippen LogP contribution in [0.2, 0.25) is 5.02 Å². The van der Waals surface area contributed by atoms with E-state index in [2.05, 4.69) is 10.6 Å². The molecular formula is C16H16ClN3O4. The molecule has 0 unspecified atom stereocenters. The fraction of sp³-hybridized carbons (Fsp3) is 0.188. The molecule has 0 heterocycles. The largest absolute Gasteiger partial charge is 0.490 e. The zero-order valence-corrected chi connectivity index (χ0v) is 13.9. The van der Waals surface area contributed by atoms with Gasteiger partial charge in [-0.3, -0.25) is 14.9 Å². The van der Waals surface area contributed by atoms with Gasteiger partial charge in [0.05, 0.1) is 18.6 Å². The lowest BCUT2D eigenvalue weighted by molar-refractivity contribution is -0.385. The second-order valence-electron chi connectivity index (χ2n) is 5.01.